The maximum Gasteiger partial charge on any atom is 0.257 e. The average Bonchev–Trinajstić information content (AvgIpc) is 3.06. The third kappa shape index (κ3) is 4.39. The minimum absolute atomic E-state index is 0.133. The number of carbonyl (C=O) groups is 1. The molecule has 2 heterocycles. The Labute approximate surface area is 185 Å². The summed E-state index contributed by atoms with van der Waals surface area (Å²) in [7, 11) is 0. The molecule has 0 bridgehead atoms. The predicted molar refractivity (Wildman–Crippen MR) is 127 cm³/mol. The third-order valence-corrected chi connectivity index (χ3v) is 5.21. The summed E-state index contributed by atoms with van der Waals surface area (Å²) in [6.45, 7) is 2.72. The molecule has 0 aliphatic heterocycles. The second-order valence-corrected chi connectivity index (χ2v) is 7.61. The lowest BCUT2D eigenvalue weighted by atomic mass is 10.2. The van der Waals surface area contributed by atoms with Crippen LogP contribution in [0.1, 0.15) is 48.5 Å². The Kier molecular flexibility index (Phi) is 6.30. The molecule has 0 unspecified atom stereocenters. The number of aromatic hydroxyl groups is 1. The van der Waals surface area contributed by atoms with Crippen LogP contribution in [-0.4, -0.2) is 38.4 Å². The summed E-state index contributed by atoms with van der Waals surface area (Å²) in [5, 5.41) is 17.1. The van der Waals surface area contributed by atoms with E-state index >= 15 is 0 Å². The molecule has 0 aliphatic rings. The number of rotatable bonds is 8. The first-order valence-electron chi connectivity index (χ1n) is 10.8. The van der Waals surface area contributed by atoms with Gasteiger partial charge in [-0.25, -0.2) is 9.97 Å². The second kappa shape index (κ2) is 9.47. The Morgan fingerprint density at radius 2 is 1.91 bits per heavy atom. The highest BCUT2D eigenvalue weighted by Gasteiger charge is 2.23. The van der Waals surface area contributed by atoms with Crippen LogP contribution in [0.25, 0.3) is 22.2 Å². The summed E-state index contributed by atoms with van der Waals surface area (Å²) in [6, 6.07) is 14.1. The minimum atomic E-state index is -0.292. The van der Waals surface area contributed by atoms with Crippen molar-refractivity contribution in [2.45, 2.75) is 32.6 Å². The predicted octanol–water partition coefficient (Wildman–Crippen LogP) is 4.06. The van der Waals surface area contributed by atoms with Crippen LogP contribution in [-0.2, 0) is 0 Å². The summed E-state index contributed by atoms with van der Waals surface area (Å²) >= 11 is 0. The molecule has 0 saturated carbocycles. The summed E-state index contributed by atoms with van der Waals surface area (Å²) < 4.78 is 1.42. The summed E-state index contributed by atoms with van der Waals surface area (Å²) in [6.07, 6.45) is 5.79. The van der Waals surface area contributed by atoms with Crippen molar-refractivity contribution in [3.05, 3.63) is 59.7 Å². The molecule has 4 N–H and O–H groups in total. The van der Waals surface area contributed by atoms with Gasteiger partial charge < -0.3 is 16.2 Å². The van der Waals surface area contributed by atoms with Crippen molar-refractivity contribution in [1.82, 2.24) is 20.0 Å². The number of para-hydroxylation sites is 2. The lowest BCUT2D eigenvalue weighted by Crippen LogP contribution is -2.25. The fourth-order valence-electron chi connectivity index (χ4n) is 3.56. The normalized spacial score (nSPS) is 11.5. The van der Waals surface area contributed by atoms with Crippen LogP contribution in [0.3, 0.4) is 0 Å². The fourth-order valence-corrected chi connectivity index (χ4v) is 3.56. The minimum Gasteiger partial charge on any atom is -0.508 e. The quantitative estimate of drug-likeness (QED) is 0.288. The van der Waals surface area contributed by atoms with Crippen molar-refractivity contribution in [1.29, 1.82) is 0 Å². The van der Waals surface area contributed by atoms with Crippen LogP contribution in [0.5, 0.6) is 5.75 Å². The van der Waals surface area contributed by atoms with Crippen LogP contribution in [0.15, 0.2) is 53.6 Å². The second-order valence-electron chi connectivity index (χ2n) is 7.61. The molecule has 8 nitrogen and oxygen atoms in total. The topological polar surface area (TPSA) is 118 Å². The first-order valence-corrected chi connectivity index (χ1v) is 10.8. The number of nitrogens with zero attached hydrogens (tertiary/aromatic N) is 4. The van der Waals surface area contributed by atoms with Gasteiger partial charge in [-0.15, -0.1) is 0 Å². The number of aromatic nitrogens is 3. The zero-order valence-electron chi connectivity index (χ0n) is 18.0. The highest BCUT2D eigenvalue weighted by molar-refractivity contribution is 6.10. The molecule has 4 aromatic rings. The number of phenolic OH excluding ortho intramolecular Hbond substituents is 1. The number of hydrogen-bond acceptors (Lipinski definition) is 6. The zero-order valence-corrected chi connectivity index (χ0v) is 18.0. The number of hydrogen-bond donors (Lipinski definition) is 3. The van der Waals surface area contributed by atoms with Crippen LogP contribution < -0.4 is 11.1 Å². The number of nitrogen functional groups attached to an aromatic ring is 1. The number of carbonyl (C=O) groups excluding carboxylic acids is 1. The van der Waals surface area contributed by atoms with Crippen LogP contribution in [0.2, 0.25) is 0 Å². The molecule has 0 atom stereocenters. The van der Waals surface area contributed by atoms with E-state index < -0.39 is 0 Å². The van der Waals surface area contributed by atoms with E-state index in [9.17, 15) is 9.90 Å². The van der Waals surface area contributed by atoms with Gasteiger partial charge in [0.25, 0.3) is 5.91 Å². The van der Waals surface area contributed by atoms with E-state index in [-0.39, 0.29) is 23.0 Å². The van der Waals surface area contributed by atoms with E-state index in [1.807, 2.05) is 24.3 Å². The van der Waals surface area contributed by atoms with Gasteiger partial charge in [-0.1, -0.05) is 50.5 Å². The van der Waals surface area contributed by atoms with E-state index in [0.717, 1.165) is 25.7 Å². The number of phenols is 1. The largest absolute Gasteiger partial charge is 0.508 e. The highest BCUT2D eigenvalue weighted by Crippen LogP contribution is 2.28. The summed E-state index contributed by atoms with van der Waals surface area (Å²) in [5.41, 5.74) is 9.48. The van der Waals surface area contributed by atoms with Crippen LogP contribution in [0.4, 0.5) is 5.82 Å². The Hall–Kier alpha value is -3.94. The zero-order chi connectivity index (χ0) is 22.5. The van der Waals surface area contributed by atoms with Crippen LogP contribution >= 0.6 is 0 Å². The summed E-state index contributed by atoms with van der Waals surface area (Å²) in [4.78, 5) is 22.4. The van der Waals surface area contributed by atoms with E-state index in [1.54, 1.807) is 30.5 Å². The van der Waals surface area contributed by atoms with Gasteiger partial charge in [-0.2, -0.15) is 9.78 Å². The number of benzene rings is 2. The van der Waals surface area contributed by atoms with Crippen molar-refractivity contribution in [3.63, 3.8) is 0 Å². The molecule has 0 radical (unpaired) electrons. The number of unbranched alkanes of at least 4 members (excludes halogenated alkanes) is 3. The molecule has 0 spiro atoms. The third-order valence-electron chi connectivity index (χ3n) is 5.21. The molecule has 8 heteroatoms. The highest BCUT2D eigenvalue weighted by atomic mass is 16.3. The first-order chi connectivity index (χ1) is 15.6. The number of fused-ring (bicyclic) bond motifs is 2. The van der Waals surface area contributed by atoms with Gasteiger partial charge in [0.1, 0.15) is 22.6 Å². The van der Waals surface area contributed by atoms with Crippen molar-refractivity contribution in [3.8, 4) is 5.75 Å². The molecule has 4 rings (SSSR count). The Morgan fingerprint density at radius 3 is 2.66 bits per heavy atom. The monoisotopic (exact) mass is 430 g/mol. The van der Waals surface area contributed by atoms with Crippen LogP contribution in [0, 0.1) is 0 Å². The van der Waals surface area contributed by atoms with E-state index in [2.05, 4.69) is 27.3 Å². The molecule has 0 saturated heterocycles. The average molecular weight is 431 g/mol. The molecular formula is C24H26N6O2. The van der Waals surface area contributed by atoms with Gasteiger partial charge >= 0.3 is 0 Å². The van der Waals surface area contributed by atoms with E-state index in [1.165, 1.54) is 4.68 Å². The maximum atomic E-state index is 13.0. The molecule has 2 aromatic heterocycles. The fraction of sp³-hybridized carbons (Fsp3) is 0.250. The van der Waals surface area contributed by atoms with Crippen molar-refractivity contribution < 1.29 is 9.90 Å². The van der Waals surface area contributed by atoms with Gasteiger partial charge in [0.05, 0.1) is 17.2 Å². The van der Waals surface area contributed by atoms with Crippen molar-refractivity contribution in [2.24, 2.45) is 5.10 Å². The molecule has 2 aromatic carbocycles. The van der Waals surface area contributed by atoms with Crippen molar-refractivity contribution >= 4 is 40.1 Å². The van der Waals surface area contributed by atoms with E-state index in [4.69, 9.17) is 5.73 Å². The lowest BCUT2D eigenvalue weighted by molar-refractivity contribution is 0.0955. The Bertz CT molecular complexity index is 1290. The lowest BCUT2D eigenvalue weighted by Gasteiger charge is -2.05. The van der Waals surface area contributed by atoms with E-state index in [0.29, 0.717) is 34.3 Å². The number of nitrogens with two attached hydrogens (primary N) is 1. The smallest absolute Gasteiger partial charge is 0.257 e. The van der Waals surface area contributed by atoms with Gasteiger partial charge in [-0.3, -0.25) is 4.79 Å². The summed E-state index contributed by atoms with van der Waals surface area (Å²) in [5.74, 6) is 0.00543. The van der Waals surface area contributed by atoms with Gasteiger partial charge in [-0.05, 0) is 36.2 Å². The molecule has 1 amide bonds. The number of anilines is 1. The van der Waals surface area contributed by atoms with Gasteiger partial charge in [0.2, 0.25) is 0 Å². The first kappa shape index (κ1) is 21.3. The molecule has 0 aliphatic carbocycles. The SMILES string of the molecule is CCCCCCNC(=O)c1c(N)n(N=Cc2cccc(O)c2)c2nc3ccccc3nc12. The van der Waals surface area contributed by atoms with Gasteiger partial charge in [0.15, 0.2) is 5.65 Å². The Balaban J connectivity index is 1.76. The molecular weight excluding hydrogens is 404 g/mol. The number of amides is 1. The number of nitrogens with one attached hydrogen (secondary N) is 1. The standard InChI is InChI=1S/C24H26N6O2/c1-2-3-4-7-13-26-24(32)20-21-23(29-19-12-6-5-11-18(19)28-21)30(22(20)25)27-15-16-9-8-10-17(31)14-16/h5-6,8-12,14-15,31H,2-4,7,13,25H2,1H3,(H,26,32). The Morgan fingerprint density at radius 1 is 1.12 bits per heavy atom. The maximum absolute atomic E-state index is 13.0. The van der Waals surface area contributed by atoms with Gasteiger partial charge in [0, 0.05) is 6.54 Å². The molecule has 32 heavy (non-hydrogen) atoms. The van der Waals surface area contributed by atoms with Crippen molar-refractivity contribution in [2.75, 3.05) is 12.3 Å². The molecule has 164 valence electrons. The molecule has 0 fully saturated rings.